The highest BCUT2D eigenvalue weighted by atomic mass is 19.3. The minimum Gasteiger partial charge on any atom is -0.496 e. The Balaban J connectivity index is 0.00000246. The molecule has 0 radical (unpaired) electrons. The Kier molecular flexibility index (Phi) is 12.0. The summed E-state index contributed by atoms with van der Waals surface area (Å²) in [4.78, 5) is 36.0. The van der Waals surface area contributed by atoms with Gasteiger partial charge < -0.3 is 39.0 Å². The number of carbonyl (C=O) groups is 2. The molecule has 0 bridgehead atoms. The quantitative estimate of drug-likeness (QED) is 0.181. The lowest BCUT2D eigenvalue weighted by molar-refractivity contribution is -0.297. The molecule has 13 heteroatoms. The van der Waals surface area contributed by atoms with Gasteiger partial charge in [0.1, 0.15) is 17.5 Å². The molecule has 2 N–H and O–H groups in total. The fourth-order valence-corrected chi connectivity index (χ4v) is 12.1. The number of halogens is 2. The van der Waals surface area contributed by atoms with Gasteiger partial charge in [0.05, 0.1) is 46.1 Å². The highest BCUT2D eigenvalue weighted by Crippen LogP contribution is 2.51. The number of methoxy groups -OCH3 is 1. The molecule has 7 heterocycles. The first kappa shape index (κ1) is 44.0. The van der Waals surface area contributed by atoms with Gasteiger partial charge in [-0.05, 0) is 93.3 Å². The van der Waals surface area contributed by atoms with Gasteiger partial charge in [-0.2, -0.15) is 0 Å². The molecule has 1 aliphatic carbocycles. The van der Waals surface area contributed by atoms with Crippen molar-refractivity contribution in [3.05, 3.63) is 106 Å². The van der Waals surface area contributed by atoms with E-state index in [2.05, 4.69) is 58.2 Å². The van der Waals surface area contributed by atoms with Crippen LogP contribution in [0.1, 0.15) is 121 Å². The molecule has 6 aliphatic heterocycles. The molecule has 2 amide bonds. The standard InChI is InChI=1S/C50H57F2N5O6.C2H6/c1-30-7-12-41(47(58)53-30)57-25-38-36(48(57)59)10-11-39-46(38)61-29-49(39)18-21-55(22-19-49)24-31-27-62-50(63-28-31)16-13-32(14-17-50)33-8-9-37(42(23-33)60-2)45-44-35(15-20-56(45)26-43(51)52)34-5-3-4-6-40(34)54-44;1-2/h3-6,8-11,23,31-32,41,43,45,54H,1,7,12-22,24-29H2,2H3,(H,53,58);1-2H3. The second-order valence-corrected chi connectivity index (χ2v) is 19.2. The van der Waals surface area contributed by atoms with E-state index >= 15 is 0 Å². The Morgan fingerprint density at radius 1 is 0.923 bits per heavy atom. The van der Waals surface area contributed by atoms with Crippen molar-refractivity contribution in [3.63, 3.8) is 0 Å². The number of rotatable bonds is 8. The van der Waals surface area contributed by atoms with Crippen LogP contribution < -0.4 is 14.8 Å². The summed E-state index contributed by atoms with van der Waals surface area (Å²) >= 11 is 0. The van der Waals surface area contributed by atoms with Crippen LogP contribution in [0.4, 0.5) is 8.78 Å². The van der Waals surface area contributed by atoms with E-state index in [1.807, 2.05) is 36.9 Å². The van der Waals surface area contributed by atoms with Crippen LogP contribution in [0.2, 0.25) is 0 Å². The molecule has 3 aromatic carbocycles. The molecular formula is C52H63F2N5O6. The van der Waals surface area contributed by atoms with E-state index in [4.69, 9.17) is 18.9 Å². The number of hydrogen-bond acceptors (Lipinski definition) is 8. The first-order valence-electron chi connectivity index (χ1n) is 24.0. The Morgan fingerprint density at radius 3 is 2.43 bits per heavy atom. The average Bonchev–Trinajstić information content (AvgIpc) is 3.99. The number of nitrogens with zero attached hydrogens (tertiary/aromatic N) is 3. The Hall–Kier alpha value is -4.82. The van der Waals surface area contributed by atoms with Crippen molar-refractivity contribution in [2.45, 2.75) is 114 Å². The third-order valence-corrected chi connectivity index (χ3v) is 15.6. The van der Waals surface area contributed by atoms with Gasteiger partial charge >= 0.3 is 0 Å². The number of para-hydroxylation sites is 1. The summed E-state index contributed by atoms with van der Waals surface area (Å²) in [7, 11) is 1.68. The van der Waals surface area contributed by atoms with Crippen LogP contribution in [0.15, 0.2) is 66.9 Å². The molecule has 3 saturated heterocycles. The van der Waals surface area contributed by atoms with E-state index in [0.717, 1.165) is 104 Å². The molecule has 4 fully saturated rings. The number of ether oxygens (including phenoxy) is 4. The average molecular weight is 892 g/mol. The molecule has 7 aliphatic rings. The van der Waals surface area contributed by atoms with Crippen molar-refractivity contribution >= 4 is 22.7 Å². The van der Waals surface area contributed by atoms with Gasteiger partial charge in [0.2, 0.25) is 5.91 Å². The van der Waals surface area contributed by atoms with Crippen LogP contribution in [0.25, 0.3) is 10.9 Å². The maximum absolute atomic E-state index is 13.9. The summed E-state index contributed by atoms with van der Waals surface area (Å²) < 4.78 is 53.6. The Labute approximate surface area is 380 Å². The lowest BCUT2D eigenvalue weighted by Crippen LogP contribution is -2.50. The molecule has 2 unspecified atom stereocenters. The van der Waals surface area contributed by atoms with Crippen molar-refractivity contribution < 1.29 is 37.3 Å². The summed E-state index contributed by atoms with van der Waals surface area (Å²) in [5.74, 6) is 1.40. The van der Waals surface area contributed by atoms with Crippen LogP contribution in [-0.2, 0) is 32.6 Å². The fraction of sp³-hybridized carbons (Fsp3) is 0.538. The molecule has 2 atom stereocenters. The number of amides is 2. The lowest BCUT2D eigenvalue weighted by atomic mass is 9.73. The Morgan fingerprint density at radius 2 is 1.69 bits per heavy atom. The number of alkyl halides is 2. The molecule has 346 valence electrons. The highest BCUT2D eigenvalue weighted by molar-refractivity contribution is 6.02. The summed E-state index contributed by atoms with van der Waals surface area (Å²) in [5.41, 5.74) is 8.73. The van der Waals surface area contributed by atoms with E-state index in [-0.39, 0.29) is 29.8 Å². The van der Waals surface area contributed by atoms with Gasteiger partial charge in [0.25, 0.3) is 12.3 Å². The Bertz CT molecular complexity index is 2440. The van der Waals surface area contributed by atoms with Crippen LogP contribution in [0.5, 0.6) is 11.5 Å². The second kappa shape index (κ2) is 17.8. The maximum atomic E-state index is 13.9. The van der Waals surface area contributed by atoms with Gasteiger partial charge in [0, 0.05) is 81.8 Å². The molecule has 4 aromatic rings. The topological polar surface area (TPSA) is 109 Å². The van der Waals surface area contributed by atoms with E-state index < -0.39 is 18.3 Å². The summed E-state index contributed by atoms with van der Waals surface area (Å²) in [6.07, 6.45) is 5.00. The number of piperidine rings is 2. The van der Waals surface area contributed by atoms with Crippen molar-refractivity contribution in [1.29, 1.82) is 0 Å². The first-order chi connectivity index (χ1) is 31.6. The van der Waals surface area contributed by atoms with Crippen LogP contribution in [-0.4, -0.2) is 109 Å². The number of aromatic amines is 1. The predicted molar refractivity (Wildman–Crippen MR) is 245 cm³/mol. The lowest BCUT2D eigenvalue weighted by Gasteiger charge is -2.46. The SMILES string of the molecule is C=C1CCC(N2Cc3c(ccc4c3OCC43CCN(CC4COC5(CCC(c6ccc(C7c8[nH]c9ccccc9c8CCN7CC(F)F)c(OC)c6)CC5)OC4)CC3)C2=O)C(=O)N1.CC. The molecule has 1 aromatic heterocycles. The van der Waals surface area contributed by atoms with E-state index in [0.29, 0.717) is 68.8 Å². The van der Waals surface area contributed by atoms with Crippen molar-refractivity contribution in [2.24, 2.45) is 5.92 Å². The molecule has 2 spiro atoms. The van der Waals surface area contributed by atoms with Gasteiger partial charge in [-0.25, -0.2) is 8.78 Å². The zero-order valence-electron chi connectivity index (χ0n) is 38.1. The number of fused-ring (bicyclic) bond motifs is 7. The molecule has 11 rings (SSSR count). The van der Waals surface area contributed by atoms with E-state index in [1.54, 1.807) is 12.0 Å². The number of H-pyrrole nitrogens is 1. The highest BCUT2D eigenvalue weighted by Gasteiger charge is 2.48. The second-order valence-electron chi connectivity index (χ2n) is 19.2. The number of benzene rings is 3. The van der Waals surface area contributed by atoms with Gasteiger partial charge in [-0.15, -0.1) is 0 Å². The molecule has 11 nitrogen and oxygen atoms in total. The smallest absolute Gasteiger partial charge is 0.255 e. The molecule has 65 heavy (non-hydrogen) atoms. The predicted octanol–water partition coefficient (Wildman–Crippen LogP) is 8.61. The van der Waals surface area contributed by atoms with E-state index in [9.17, 15) is 18.4 Å². The summed E-state index contributed by atoms with van der Waals surface area (Å²) in [6, 6.07) is 17.8. The molecule has 1 saturated carbocycles. The largest absolute Gasteiger partial charge is 0.496 e. The number of aromatic nitrogens is 1. The van der Waals surface area contributed by atoms with Gasteiger partial charge in [-0.1, -0.05) is 56.8 Å². The summed E-state index contributed by atoms with van der Waals surface area (Å²) in [5, 5.41) is 3.99. The van der Waals surface area contributed by atoms with Crippen molar-refractivity contribution in [2.75, 3.05) is 59.7 Å². The fourth-order valence-electron chi connectivity index (χ4n) is 12.1. The van der Waals surface area contributed by atoms with Crippen LogP contribution >= 0.6 is 0 Å². The molecular weight excluding hydrogens is 829 g/mol. The normalized spacial score (nSPS) is 27.6. The third kappa shape index (κ3) is 7.93. The van der Waals surface area contributed by atoms with Gasteiger partial charge in [-0.3, -0.25) is 14.5 Å². The van der Waals surface area contributed by atoms with Crippen LogP contribution in [0.3, 0.4) is 0 Å². The zero-order chi connectivity index (χ0) is 45.0. The minimum absolute atomic E-state index is 0.0741. The van der Waals surface area contributed by atoms with Crippen LogP contribution in [0, 0.1) is 5.92 Å². The van der Waals surface area contributed by atoms with Crippen molar-refractivity contribution in [3.8, 4) is 11.5 Å². The number of hydrogen-bond donors (Lipinski definition) is 2. The number of carbonyl (C=O) groups excluding carboxylic acids is 2. The van der Waals surface area contributed by atoms with E-state index in [1.165, 1.54) is 16.7 Å². The van der Waals surface area contributed by atoms with Crippen molar-refractivity contribution in [1.82, 2.24) is 25.0 Å². The number of nitrogens with one attached hydrogen (secondary N) is 2. The maximum Gasteiger partial charge on any atom is 0.255 e. The minimum atomic E-state index is -2.44. The van der Waals surface area contributed by atoms with Gasteiger partial charge in [0.15, 0.2) is 5.79 Å². The first-order valence-corrected chi connectivity index (χ1v) is 24.0. The number of allylic oxidation sites excluding steroid dienone is 1. The third-order valence-electron chi connectivity index (χ3n) is 15.6. The summed E-state index contributed by atoms with van der Waals surface area (Å²) in [6.45, 7) is 13.3. The monoisotopic (exact) mass is 891 g/mol. The number of likely N-dealkylation sites (tertiary alicyclic amines) is 1. The zero-order valence-corrected chi connectivity index (χ0v) is 38.1.